The maximum absolute atomic E-state index is 12.6. The van der Waals surface area contributed by atoms with Crippen LogP contribution >= 0.6 is 0 Å². The van der Waals surface area contributed by atoms with Crippen molar-refractivity contribution in [1.82, 2.24) is 24.6 Å². The first-order valence-corrected chi connectivity index (χ1v) is 7.49. The van der Waals surface area contributed by atoms with Gasteiger partial charge in [-0.05, 0) is 6.07 Å². The Morgan fingerprint density at radius 1 is 1.29 bits per heavy atom. The Kier molecular flexibility index (Phi) is 4.33. The van der Waals surface area contributed by atoms with E-state index in [-0.39, 0.29) is 5.91 Å². The first-order chi connectivity index (χ1) is 11.6. The molecule has 0 aliphatic heterocycles. The quantitative estimate of drug-likeness (QED) is 0.774. The second-order valence-corrected chi connectivity index (χ2v) is 5.45. The third-order valence-corrected chi connectivity index (χ3v) is 3.81. The topological polar surface area (TPSA) is 74.0 Å². The molecule has 0 aliphatic rings. The van der Waals surface area contributed by atoms with Crippen LogP contribution < -0.4 is 10.1 Å². The predicted molar refractivity (Wildman–Crippen MR) is 88.7 cm³/mol. The number of imidazole rings is 1. The lowest BCUT2D eigenvalue weighted by molar-refractivity contribution is 0.0940. The zero-order valence-corrected chi connectivity index (χ0v) is 13.8. The summed E-state index contributed by atoms with van der Waals surface area (Å²) >= 11 is 0. The molecule has 0 unspecified atom stereocenters. The van der Waals surface area contributed by atoms with Gasteiger partial charge in [0.05, 0.1) is 18.9 Å². The van der Waals surface area contributed by atoms with Gasteiger partial charge in [0, 0.05) is 38.2 Å². The number of carbonyl (C=O) groups is 1. The average molecular weight is 325 g/mol. The van der Waals surface area contributed by atoms with Crippen molar-refractivity contribution in [2.24, 2.45) is 14.1 Å². The maximum Gasteiger partial charge on any atom is 0.255 e. The van der Waals surface area contributed by atoms with E-state index < -0.39 is 6.04 Å². The van der Waals surface area contributed by atoms with Gasteiger partial charge in [-0.3, -0.25) is 9.48 Å². The standard InChI is InChI=1S/C17H19N5O2/c1-21-9-8-18-16(21)15(13-6-4-5-7-14(13)24-3)20-17(23)12-10-19-22(2)11-12/h4-11,15H,1-3H3,(H,20,23)/t15-/m1/s1. The van der Waals surface area contributed by atoms with Crippen LogP contribution in [0.4, 0.5) is 0 Å². The fourth-order valence-corrected chi connectivity index (χ4v) is 2.59. The molecule has 1 N–H and O–H groups in total. The SMILES string of the molecule is COc1ccccc1[C@@H](NC(=O)c1cnn(C)c1)c1nccn1C. The van der Waals surface area contributed by atoms with Gasteiger partial charge in [0.1, 0.15) is 17.6 Å². The van der Waals surface area contributed by atoms with E-state index in [0.29, 0.717) is 11.3 Å². The van der Waals surface area contributed by atoms with Crippen LogP contribution in [0.5, 0.6) is 5.75 Å². The molecule has 124 valence electrons. The molecule has 7 heteroatoms. The van der Waals surface area contributed by atoms with Crippen LogP contribution in [0.25, 0.3) is 0 Å². The third kappa shape index (κ3) is 3.01. The van der Waals surface area contributed by atoms with Crippen molar-refractivity contribution < 1.29 is 9.53 Å². The van der Waals surface area contributed by atoms with E-state index in [0.717, 1.165) is 11.4 Å². The number of nitrogens with one attached hydrogen (secondary N) is 1. The molecule has 0 fully saturated rings. The van der Waals surface area contributed by atoms with Crippen LogP contribution in [0, 0.1) is 0 Å². The summed E-state index contributed by atoms with van der Waals surface area (Å²) < 4.78 is 8.92. The Bertz CT molecular complexity index is 852. The smallest absolute Gasteiger partial charge is 0.255 e. The van der Waals surface area contributed by atoms with E-state index >= 15 is 0 Å². The number of rotatable bonds is 5. The molecule has 3 aromatic rings. The van der Waals surface area contributed by atoms with E-state index in [2.05, 4.69) is 15.4 Å². The molecule has 0 spiro atoms. The first kappa shape index (κ1) is 15.8. The minimum Gasteiger partial charge on any atom is -0.496 e. The second-order valence-electron chi connectivity index (χ2n) is 5.45. The number of aryl methyl sites for hydroxylation is 2. The molecule has 7 nitrogen and oxygen atoms in total. The van der Waals surface area contributed by atoms with Crippen molar-refractivity contribution in [3.63, 3.8) is 0 Å². The van der Waals surface area contributed by atoms with Gasteiger partial charge in [-0.15, -0.1) is 0 Å². The molecule has 0 saturated heterocycles. The lowest BCUT2D eigenvalue weighted by Crippen LogP contribution is -2.31. The second kappa shape index (κ2) is 6.57. The fourth-order valence-electron chi connectivity index (χ4n) is 2.59. The molecule has 24 heavy (non-hydrogen) atoms. The molecule has 2 heterocycles. The zero-order valence-electron chi connectivity index (χ0n) is 13.8. The van der Waals surface area contributed by atoms with Crippen molar-refractivity contribution in [2.75, 3.05) is 7.11 Å². The summed E-state index contributed by atoms with van der Waals surface area (Å²) in [6.45, 7) is 0. The summed E-state index contributed by atoms with van der Waals surface area (Å²) in [6.07, 6.45) is 6.75. The summed E-state index contributed by atoms with van der Waals surface area (Å²) in [5, 5.41) is 7.07. The minimum absolute atomic E-state index is 0.220. The zero-order chi connectivity index (χ0) is 17.1. The number of aromatic nitrogens is 4. The number of benzene rings is 1. The van der Waals surface area contributed by atoms with Gasteiger partial charge in [0.25, 0.3) is 5.91 Å². The molecule has 3 rings (SSSR count). The fraction of sp³-hybridized carbons (Fsp3) is 0.235. The van der Waals surface area contributed by atoms with Crippen LogP contribution in [0.15, 0.2) is 49.1 Å². The van der Waals surface area contributed by atoms with Crippen LogP contribution in [0.3, 0.4) is 0 Å². The van der Waals surface area contributed by atoms with Crippen LogP contribution in [-0.4, -0.2) is 32.3 Å². The van der Waals surface area contributed by atoms with Crippen molar-refractivity contribution in [2.45, 2.75) is 6.04 Å². The summed E-state index contributed by atoms with van der Waals surface area (Å²) in [5.41, 5.74) is 1.33. The van der Waals surface area contributed by atoms with Gasteiger partial charge in [0.15, 0.2) is 0 Å². The number of ether oxygens (including phenoxy) is 1. The lowest BCUT2D eigenvalue weighted by atomic mass is 10.0. The normalized spacial score (nSPS) is 12.0. The molecule has 1 amide bonds. The molecule has 0 bridgehead atoms. The lowest BCUT2D eigenvalue weighted by Gasteiger charge is -2.21. The first-order valence-electron chi connectivity index (χ1n) is 7.49. The number of nitrogens with zero attached hydrogens (tertiary/aromatic N) is 4. The van der Waals surface area contributed by atoms with E-state index in [1.165, 1.54) is 6.20 Å². The number of methoxy groups -OCH3 is 1. The molecule has 0 aliphatic carbocycles. The number of para-hydroxylation sites is 1. The summed E-state index contributed by atoms with van der Waals surface area (Å²) in [6, 6.07) is 7.14. The van der Waals surface area contributed by atoms with E-state index in [1.807, 2.05) is 42.1 Å². The minimum atomic E-state index is -0.436. The van der Waals surface area contributed by atoms with Crippen molar-refractivity contribution in [3.8, 4) is 5.75 Å². The Balaban J connectivity index is 2.00. The highest BCUT2D eigenvalue weighted by atomic mass is 16.5. The van der Waals surface area contributed by atoms with E-state index in [1.54, 1.807) is 31.2 Å². The van der Waals surface area contributed by atoms with Gasteiger partial charge in [-0.1, -0.05) is 18.2 Å². The summed E-state index contributed by atoms with van der Waals surface area (Å²) in [7, 11) is 5.27. The molecule has 0 saturated carbocycles. The highest BCUT2D eigenvalue weighted by Crippen LogP contribution is 2.29. The third-order valence-electron chi connectivity index (χ3n) is 3.81. The highest BCUT2D eigenvalue weighted by Gasteiger charge is 2.24. The number of hydrogen-bond donors (Lipinski definition) is 1. The maximum atomic E-state index is 12.6. The van der Waals surface area contributed by atoms with Crippen molar-refractivity contribution in [3.05, 3.63) is 66.0 Å². The van der Waals surface area contributed by atoms with Crippen LogP contribution in [0.2, 0.25) is 0 Å². The van der Waals surface area contributed by atoms with Crippen molar-refractivity contribution in [1.29, 1.82) is 0 Å². The Hall–Kier alpha value is -3.09. The molecule has 2 aromatic heterocycles. The van der Waals surface area contributed by atoms with E-state index in [4.69, 9.17) is 4.74 Å². The van der Waals surface area contributed by atoms with Crippen molar-refractivity contribution >= 4 is 5.91 Å². The monoisotopic (exact) mass is 325 g/mol. The van der Waals surface area contributed by atoms with E-state index in [9.17, 15) is 4.79 Å². The van der Waals surface area contributed by atoms with Gasteiger partial charge in [-0.25, -0.2) is 4.98 Å². The van der Waals surface area contributed by atoms with Gasteiger partial charge in [0.2, 0.25) is 0 Å². The molecule has 1 aromatic carbocycles. The summed E-state index contributed by atoms with van der Waals surface area (Å²) in [5.74, 6) is 1.19. The molecular weight excluding hydrogens is 306 g/mol. The molecule has 0 radical (unpaired) electrons. The highest BCUT2D eigenvalue weighted by molar-refractivity contribution is 5.94. The Morgan fingerprint density at radius 3 is 2.71 bits per heavy atom. The van der Waals surface area contributed by atoms with Crippen LogP contribution in [-0.2, 0) is 14.1 Å². The number of amides is 1. The van der Waals surface area contributed by atoms with Gasteiger partial charge >= 0.3 is 0 Å². The Morgan fingerprint density at radius 2 is 2.08 bits per heavy atom. The largest absolute Gasteiger partial charge is 0.496 e. The average Bonchev–Trinajstić information content (AvgIpc) is 3.21. The summed E-state index contributed by atoms with van der Waals surface area (Å²) in [4.78, 5) is 17.0. The Labute approximate surface area is 139 Å². The molecule has 1 atom stereocenters. The number of hydrogen-bond acceptors (Lipinski definition) is 4. The predicted octanol–water partition coefficient (Wildman–Crippen LogP) is 1.68. The van der Waals surface area contributed by atoms with Gasteiger partial charge < -0.3 is 14.6 Å². The molecular formula is C17H19N5O2. The van der Waals surface area contributed by atoms with Crippen LogP contribution in [0.1, 0.15) is 27.8 Å². The van der Waals surface area contributed by atoms with Gasteiger partial charge in [-0.2, -0.15) is 5.10 Å². The number of carbonyl (C=O) groups excluding carboxylic acids is 1.